The minimum absolute atomic E-state index is 0.0210. The zero-order valence-electron chi connectivity index (χ0n) is 6.25. The molecule has 0 spiro atoms. The van der Waals surface area contributed by atoms with Crippen molar-refractivity contribution < 1.29 is 4.79 Å². The highest BCUT2D eigenvalue weighted by atomic mass is 35.5. The monoisotopic (exact) mass is 168 g/mol. The van der Waals surface area contributed by atoms with Crippen LogP contribution in [0.2, 0.25) is 0 Å². The van der Waals surface area contributed by atoms with Crippen molar-refractivity contribution in [3.05, 3.63) is 35.9 Å². The Kier molecular flexibility index (Phi) is 2.66. The Morgan fingerprint density at radius 2 is 1.91 bits per heavy atom. The van der Waals surface area contributed by atoms with E-state index in [0.717, 1.165) is 0 Å². The number of hydrogen-bond donors (Lipinski definition) is 0. The van der Waals surface area contributed by atoms with Gasteiger partial charge in [0.1, 0.15) is 0 Å². The van der Waals surface area contributed by atoms with Crippen LogP contribution in [0.5, 0.6) is 0 Å². The molecule has 0 saturated heterocycles. The van der Waals surface area contributed by atoms with Crippen molar-refractivity contribution in [2.24, 2.45) is 0 Å². The molecule has 0 amide bonds. The maximum atomic E-state index is 11.2. The molecule has 1 rings (SSSR count). The van der Waals surface area contributed by atoms with Crippen LogP contribution in [0.3, 0.4) is 0 Å². The molecule has 1 aromatic rings. The molecule has 0 aliphatic carbocycles. The Morgan fingerprint density at radius 3 is 2.36 bits per heavy atom. The number of Topliss-reactive ketones (excluding diaryl/α,β-unsaturated/α-hetero) is 1. The molecule has 1 aromatic carbocycles. The van der Waals surface area contributed by atoms with Gasteiger partial charge in [0.2, 0.25) is 0 Å². The van der Waals surface area contributed by atoms with E-state index in [0.29, 0.717) is 5.56 Å². The second kappa shape index (κ2) is 3.54. The van der Waals surface area contributed by atoms with E-state index in [1.54, 1.807) is 19.1 Å². The standard InChI is InChI=1S/C9H9ClO/c1-7(10)9(11)8-5-3-2-4-6-8/h2-7H,1H3/t7-/m1/s1. The molecule has 0 bridgehead atoms. The molecule has 58 valence electrons. The van der Waals surface area contributed by atoms with Crippen LogP contribution in [-0.2, 0) is 0 Å². The summed E-state index contributed by atoms with van der Waals surface area (Å²) in [5.41, 5.74) is 0.676. The number of benzene rings is 1. The third-order valence-corrected chi connectivity index (χ3v) is 1.62. The van der Waals surface area contributed by atoms with Gasteiger partial charge in [-0.25, -0.2) is 0 Å². The van der Waals surface area contributed by atoms with Crippen LogP contribution >= 0.6 is 11.6 Å². The first kappa shape index (κ1) is 8.28. The number of carbonyl (C=O) groups is 1. The Labute approximate surface area is 71.0 Å². The second-order valence-electron chi connectivity index (χ2n) is 2.35. The molecule has 0 N–H and O–H groups in total. The SMILES string of the molecule is C[C@@H](Cl)C(=O)c1ccccc1. The lowest BCUT2D eigenvalue weighted by atomic mass is 10.1. The predicted molar refractivity (Wildman–Crippen MR) is 46.1 cm³/mol. The van der Waals surface area contributed by atoms with Crippen molar-refractivity contribution in [2.75, 3.05) is 0 Å². The summed E-state index contributed by atoms with van der Waals surface area (Å²) >= 11 is 5.61. The predicted octanol–water partition coefficient (Wildman–Crippen LogP) is 2.50. The summed E-state index contributed by atoms with van der Waals surface area (Å²) in [6, 6.07) is 9.05. The topological polar surface area (TPSA) is 17.1 Å². The van der Waals surface area contributed by atoms with Crippen LogP contribution in [0.4, 0.5) is 0 Å². The molecular weight excluding hydrogens is 160 g/mol. The van der Waals surface area contributed by atoms with Crippen molar-refractivity contribution in [3.63, 3.8) is 0 Å². The van der Waals surface area contributed by atoms with Crippen molar-refractivity contribution in [2.45, 2.75) is 12.3 Å². The molecule has 0 radical (unpaired) electrons. The highest BCUT2D eigenvalue weighted by Crippen LogP contribution is 2.06. The second-order valence-corrected chi connectivity index (χ2v) is 3.00. The molecule has 0 heterocycles. The first-order valence-electron chi connectivity index (χ1n) is 3.45. The van der Waals surface area contributed by atoms with E-state index >= 15 is 0 Å². The number of halogens is 1. The fraction of sp³-hybridized carbons (Fsp3) is 0.222. The van der Waals surface area contributed by atoms with Crippen LogP contribution in [-0.4, -0.2) is 11.2 Å². The molecule has 1 atom stereocenters. The highest BCUT2D eigenvalue weighted by molar-refractivity contribution is 6.33. The van der Waals surface area contributed by atoms with Gasteiger partial charge in [-0.1, -0.05) is 30.3 Å². The van der Waals surface area contributed by atoms with Crippen LogP contribution in [0.1, 0.15) is 17.3 Å². The molecule has 0 saturated carbocycles. The van der Waals surface area contributed by atoms with E-state index in [9.17, 15) is 4.79 Å². The fourth-order valence-corrected chi connectivity index (χ4v) is 0.958. The molecule has 0 aromatic heterocycles. The van der Waals surface area contributed by atoms with Gasteiger partial charge in [-0.05, 0) is 6.92 Å². The van der Waals surface area contributed by atoms with Gasteiger partial charge in [0.25, 0.3) is 0 Å². The third kappa shape index (κ3) is 2.05. The highest BCUT2D eigenvalue weighted by Gasteiger charge is 2.10. The summed E-state index contributed by atoms with van der Waals surface area (Å²) in [6.07, 6.45) is 0. The number of hydrogen-bond acceptors (Lipinski definition) is 1. The number of ketones is 1. The van der Waals surface area contributed by atoms with Crippen LogP contribution in [0.15, 0.2) is 30.3 Å². The van der Waals surface area contributed by atoms with E-state index in [1.807, 2.05) is 18.2 Å². The van der Waals surface area contributed by atoms with Crippen LogP contribution in [0, 0.1) is 0 Å². The molecule has 2 heteroatoms. The van der Waals surface area contributed by atoms with Gasteiger partial charge in [-0.3, -0.25) is 4.79 Å². The van der Waals surface area contributed by atoms with E-state index in [2.05, 4.69) is 0 Å². The smallest absolute Gasteiger partial charge is 0.180 e. The van der Waals surface area contributed by atoms with E-state index in [4.69, 9.17) is 11.6 Å². The molecule has 0 unspecified atom stereocenters. The lowest BCUT2D eigenvalue weighted by molar-refractivity contribution is 0.0992. The first-order chi connectivity index (χ1) is 5.22. The van der Waals surface area contributed by atoms with Gasteiger partial charge in [0.15, 0.2) is 5.78 Å². The van der Waals surface area contributed by atoms with Gasteiger partial charge < -0.3 is 0 Å². The number of carbonyl (C=O) groups excluding carboxylic acids is 1. The van der Waals surface area contributed by atoms with Gasteiger partial charge in [0.05, 0.1) is 5.38 Å². The van der Waals surface area contributed by atoms with Crippen molar-refractivity contribution in [3.8, 4) is 0 Å². The van der Waals surface area contributed by atoms with Gasteiger partial charge in [0, 0.05) is 5.56 Å². The van der Waals surface area contributed by atoms with Crippen LogP contribution < -0.4 is 0 Å². The molecule has 1 nitrogen and oxygen atoms in total. The van der Waals surface area contributed by atoms with Crippen molar-refractivity contribution in [1.82, 2.24) is 0 Å². The van der Waals surface area contributed by atoms with Gasteiger partial charge >= 0.3 is 0 Å². The average molecular weight is 169 g/mol. The zero-order chi connectivity index (χ0) is 8.27. The zero-order valence-corrected chi connectivity index (χ0v) is 7.01. The largest absolute Gasteiger partial charge is 0.293 e. The summed E-state index contributed by atoms with van der Waals surface area (Å²) in [5.74, 6) is -0.0210. The normalized spacial score (nSPS) is 12.5. The quantitative estimate of drug-likeness (QED) is 0.490. The Bertz CT molecular complexity index is 241. The minimum atomic E-state index is -0.433. The Morgan fingerprint density at radius 1 is 1.36 bits per heavy atom. The molecule has 11 heavy (non-hydrogen) atoms. The number of alkyl halides is 1. The maximum absolute atomic E-state index is 11.2. The molecular formula is C9H9ClO. The first-order valence-corrected chi connectivity index (χ1v) is 3.89. The lowest BCUT2D eigenvalue weighted by Gasteiger charge is -2.00. The summed E-state index contributed by atoms with van der Waals surface area (Å²) in [6.45, 7) is 1.68. The maximum Gasteiger partial charge on any atom is 0.180 e. The minimum Gasteiger partial charge on any atom is -0.293 e. The van der Waals surface area contributed by atoms with E-state index in [1.165, 1.54) is 0 Å². The third-order valence-electron chi connectivity index (χ3n) is 1.42. The van der Waals surface area contributed by atoms with E-state index in [-0.39, 0.29) is 5.78 Å². The molecule has 0 aliphatic heterocycles. The average Bonchev–Trinajstić information content (AvgIpc) is 2.05. The van der Waals surface area contributed by atoms with Gasteiger partial charge in [-0.2, -0.15) is 0 Å². The molecule has 0 aliphatic rings. The summed E-state index contributed by atoms with van der Waals surface area (Å²) in [5, 5.41) is -0.433. The summed E-state index contributed by atoms with van der Waals surface area (Å²) in [7, 11) is 0. The molecule has 0 fully saturated rings. The Hall–Kier alpha value is -0.820. The van der Waals surface area contributed by atoms with Crippen molar-refractivity contribution in [1.29, 1.82) is 0 Å². The fourth-order valence-electron chi connectivity index (χ4n) is 0.832. The van der Waals surface area contributed by atoms with Gasteiger partial charge in [-0.15, -0.1) is 11.6 Å². The summed E-state index contributed by atoms with van der Waals surface area (Å²) < 4.78 is 0. The summed E-state index contributed by atoms with van der Waals surface area (Å²) in [4.78, 5) is 11.2. The number of rotatable bonds is 2. The van der Waals surface area contributed by atoms with Crippen molar-refractivity contribution >= 4 is 17.4 Å². The lowest BCUT2D eigenvalue weighted by Crippen LogP contribution is -2.09. The van der Waals surface area contributed by atoms with E-state index < -0.39 is 5.38 Å². The Balaban J connectivity index is 2.86. The van der Waals surface area contributed by atoms with Crippen LogP contribution in [0.25, 0.3) is 0 Å².